The van der Waals surface area contributed by atoms with Gasteiger partial charge in [0.1, 0.15) is 0 Å². The number of amides is 1. The minimum absolute atomic E-state index is 0.188. The second-order valence-electron chi connectivity index (χ2n) is 6.81. The first-order chi connectivity index (χ1) is 13.2. The van der Waals surface area contributed by atoms with E-state index < -0.39 is 11.9 Å². The Hall–Kier alpha value is -2.68. The summed E-state index contributed by atoms with van der Waals surface area (Å²) in [5, 5.41) is 18.9. The number of H-pyrrole nitrogens is 1. The predicted octanol–water partition coefficient (Wildman–Crippen LogP) is 0.634. The molecule has 1 heterocycles. The number of nitrogens with two attached hydrogens (primary N) is 1. The van der Waals surface area contributed by atoms with Crippen LogP contribution in [0.4, 0.5) is 4.79 Å². The van der Waals surface area contributed by atoms with Crippen molar-refractivity contribution in [2.75, 3.05) is 6.61 Å². The molecule has 1 unspecified atom stereocenters. The van der Waals surface area contributed by atoms with Crippen molar-refractivity contribution in [2.24, 2.45) is 5.92 Å². The van der Waals surface area contributed by atoms with Crippen LogP contribution in [0.5, 0.6) is 0 Å². The van der Waals surface area contributed by atoms with Crippen LogP contribution < -0.4 is 10.4 Å². The Kier molecular flexibility index (Phi) is 13.9. The number of carbonyl (C=O) groups is 3. The van der Waals surface area contributed by atoms with E-state index in [4.69, 9.17) is 9.84 Å². The van der Waals surface area contributed by atoms with Gasteiger partial charge >= 0.3 is 12.1 Å². The van der Waals surface area contributed by atoms with Gasteiger partial charge in [0.15, 0.2) is 0 Å². The highest BCUT2D eigenvalue weighted by Gasteiger charge is 2.13. The molecule has 0 aliphatic rings. The number of primary amides is 1. The molecule has 9 nitrogen and oxygen atoms in total. The molecule has 0 saturated carbocycles. The summed E-state index contributed by atoms with van der Waals surface area (Å²) < 4.78 is 5.21. The van der Waals surface area contributed by atoms with Gasteiger partial charge in [-0.3, -0.25) is 0 Å². The molecule has 0 spiro atoms. The molecule has 0 saturated heterocycles. The van der Waals surface area contributed by atoms with Gasteiger partial charge in [0, 0.05) is 18.0 Å². The quantitative estimate of drug-likeness (QED) is 0.366. The first-order valence-electron chi connectivity index (χ1n) is 9.31. The average Bonchev–Trinajstić information content (AvgIpc) is 3.10. The standard InChI is InChI=1S/C15H27N3O2.C4H4O4/c1-12(2)6-4-7-13(3)18-15(19)20-9-5-8-14-10-16-11-17-14;5-3(6)1-2-4(7)8/h10-13H,4-9H2,1-3H3,(H,16,17)(H,18,19);1-2H,(H,5,6)(H,7,8)/b;2-1-. The second kappa shape index (κ2) is 15.4. The van der Waals surface area contributed by atoms with Crippen molar-refractivity contribution in [1.29, 1.82) is 0 Å². The molecule has 0 radical (unpaired) electrons. The number of aliphatic carboxylic acids is 2. The van der Waals surface area contributed by atoms with Gasteiger partial charge in [0.2, 0.25) is 0 Å². The normalized spacial score (nSPS) is 11.7. The van der Waals surface area contributed by atoms with Crippen LogP contribution in [0.1, 0.15) is 52.1 Å². The van der Waals surface area contributed by atoms with E-state index in [1.54, 1.807) is 17.8 Å². The van der Waals surface area contributed by atoms with E-state index in [1.807, 2.05) is 0 Å². The van der Waals surface area contributed by atoms with Crippen molar-refractivity contribution < 1.29 is 34.7 Å². The molecule has 0 aliphatic carbocycles. The summed E-state index contributed by atoms with van der Waals surface area (Å²) in [5.74, 6) is -2.07. The number of carbonyl (C=O) groups excluding carboxylic acids is 2. The Balaban J connectivity index is 0.000000769. The van der Waals surface area contributed by atoms with Gasteiger partial charge in [-0.05, 0) is 44.6 Å². The minimum atomic E-state index is -1.51. The summed E-state index contributed by atoms with van der Waals surface area (Å²) in [6.07, 6.45) is 9.34. The predicted molar refractivity (Wildman–Crippen MR) is 100 cm³/mol. The molecule has 0 fully saturated rings. The number of carboxylic acids is 2. The van der Waals surface area contributed by atoms with E-state index in [0.29, 0.717) is 24.8 Å². The number of aryl methyl sites for hydroxylation is 1. The van der Waals surface area contributed by atoms with Crippen molar-refractivity contribution in [3.8, 4) is 0 Å². The van der Waals surface area contributed by atoms with Crippen molar-refractivity contribution >= 4 is 18.0 Å². The van der Waals surface area contributed by atoms with Crippen molar-refractivity contribution in [3.63, 3.8) is 0 Å². The zero-order valence-corrected chi connectivity index (χ0v) is 16.7. The maximum absolute atomic E-state index is 11.6. The summed E-state index contributed by atoms with van der Waals surface area (Å²) >= 11 is 0. The Morgan fingerprint density at radius 3 is 2.46 bits per heavy atom. The van der Waals surface area contributed by atoms with Gasteiger partial charge in [0.05, 0.1) is 24.9 Å². The zero-order chi connectivity index (χ0) is 21.4. The second-order valence-corrected chi connectivity index (χ2v) is 6.81. The Bertz CT molecular complexity index is 583. The largest absolute Gasteiger partial charge is 0.545 e. The number of rotatable bonds is 11. The molecule has 4 N–H and O–H groups in total. The first kappa shape index (κ1) is 25.3. The number of imidazole rings is 1. The number of ether oxygens (including phenoxy) is 1. The number of hydrogen-bond donors (Lipinski definition) is 3. The number of aromatic nitrogens is 2. The lowest BCUT2D eigenvalue weighted by atomic mass is 10.0. The molecular weight excluding hydrogens is 366 g/mol. The summed E-state index contributed by atoms with van der Waals surface area (Å²) in [6.45, 7) is 6.99. The summed E-state index contributed by atoms with van der Waals surface area (Å²) in [7, 11) is 0. The maximum Gasteiger partial charge on any atom is 0.512 e. The molecule has 1 aromatic heterocycles. The lowest BCUT2D eigenvalue weighted by Crippen LogP contribution is -2.92. The smallest absolute Gasteiger partial charge is 0.512 e. The topological polar surface area (TPSA) is 149 Å². The van der Waals surface area contributed by atoms with E-state index in [2.05, 4.69) is 30.7 Å². The Morgan fingerprint density at radius 1 is 1.25 bits per heavy atom. The van der Waals surface area contributed by atoms with Gasteiger partial charge in [-0.15, -0.1) is 0 Å². The summed E-state index contributed by atoms with van der Waals surface area (Å²) in [4.78, 5) is 37.6. The van der Waals surface area contributed by atoms with Crippen molar-refractivity contribution in [1.82, 2.24) is 9.97 Å². The molecule has 1 atom stereocenters. The Morgan fingerprint density at radius 2 is 1.96 bits per heavy atom. The molecule has 0 aromatic carbocycles. The van der Waals surface area contributed by atoms with Crippen LogP contribution in [0.15, 0.2) is 24.7 Å². The monoisotopic (exact) mass is 397 g/mol. The fourth-order valence-corrected chi connectivity index (χ4v) is 2.21. The summed E-state index contributed by atoms with van der Waals surface area (Å²) in [6, 6.07) is 0.300. The molecule has 1 rings (SSSR count). The van der Waals surface area contributed by atoms with E-state index in [-0.39, 0.29) is 6.09 Å². The van der Waals surface area contributed by atoms with Crippen LogP contribution in [0.25, 0.3) is 0 Å². The third-order valence-electron chi connectivity index (χ3n) is 3.61. The highest BCUT2D eigenvalue weighted by Crippen LogP contribution is 2.06. The van der Waals surface area contributed by atoms with E-state index >= 15 is 0 Å². The van der Waals surface area contributed by atoms with Gasteiger partial charge < -0.3 is 24.7 Å². The van der Waals surface area contributed by atoms with E-state index in [9.17, 15) is 19.5 Å². The van der Waals surface area contributed by atoms with Gasteiger partial charge in [-0.1, -0.05) is 20.3 Å². The third kappa shape index (κ3) is 16.8. The SMILES string of the molecule is CC(C)CCCC(C)[NH2+]C(=O)OCCCc1cnc[nH]1.O=C([O-])/C=C\C(=O)O. The fourth-order valence-electron chi connectivity index (χ4n) is 2.21. The number of nitrogens with zero attached hydrogens (tertiary/aromatic N) is 1. The molecular formula is C19H31N3O6. The van der Waals surface area contributed by atoms with Crippen LogP contribution in [0.3, 0.4) is 0 Å². The first-order valence-corrected chi connectivity index (χ1v) is 9.31. The van der Waals surface area contributed by atoms with Gasteiger partial charge in [0.25, 0.3) is 0 Å². The van der Waals surface area contributed by atoms with E-state index in [1.165, 1.54) is 12.8 Å². The number of carboxylic acid groups (broad SMARTS) is 2. The molecule has 0 bridgehead atoms. The molecule has 28 heavy (non-hydrogen) atoms. The highest BCUT2D eigenvalue weighted by atomic mass is 16.5. The number of quaternary nitrogens is 1. The average molecular weight is 397 g/mol. The Labute approximate surface area is 165 Å². The number of aromatic amines is 1. The molecule has 0 aliphatic heterocycles. The molecule has 1 amide bonds. The van der Waals surface area contributed by atoms with E-state index in [0.717, 1.165) is 30.9 Å². The van der Waals surface area contributed by atoms with Crippen LogP contribution in [0, 0.1) is 5.92 Å². The van der Waals surface area contributed by atoms with Crippen LogP contribution >= 0.6 is 0 Å². The van der Waals surface area contributed by atoms with Crippen LogP contribution in [0.2, 0.25) is 0 Å². The lowest BCUT2D eigenvalue weighted by molar-refractivity contribution is -0.605. The lowest BCUT2D eigenvalue weighted by Gasteiger charge is -2.10. The zero-order valence-electron chi connectivity index (χ0n) is 16.7. The fraction of sp³-hybridized carbons (Fsp3) is 0.579. The van der Waals surface area contributed by atoms with Crippen molar-refractivity contribution in [3.05, 3.63) is 30.4 Å². The number of nitrogens with one attached hydrogen (secondary N) is 1. The maximum atomic E-state index is 11.6. The number of hydrogen-bond acceptors (Lipinski definition) is 6. The minimum Gasteiger partial charge on any atom is -0.545 e. The van der Waals surface area contributed by atoms with Crippen LogP contribution in [-0.4, -0.2) is 45.8 Å². The molecule has 9 heteroatoms. The van der Waals surface area contributed by atoms with Crippen molar-refractivity contribution in [2.45, 2.75) is 58.9 Å². The molecule has 158 valence electrons. The highest BCUT2D eigenvalue weighted by molar-refractivity contribution is 5.88. The molecule has 1 aromatic rings. The third-order valence-corrected chi connectivity index (χ3v) is 3.61. The van der Waals surface area contributed by atoms with Crippen LogP contribution in [-0.2, 0) is 20.7 Å². The summed E-state index contributed by atoms with van der Waals surface area (Å²) in [5.41, 5.74) is 1.08. The van der Waals surface area contributed by atoms with Gasteiger partial charge in [-0.2, -0.15) is 4.79 Å². The van der Waals surface area contributed by atoms with Gasteiger partial charge in [-0.25, -0.2) is 15.1 Å².